The molecule has 0 amide bonds. The van der Waals surface area contributed by atoms with Crippen LogP contribution in [0, 0.1) is 6.92 Å². The molecule has 0 aliphatic rings. The molecule has 0 radical (unpaired) electrons. The van der Waals surface area contributed by atoms with Crippen molar-refractivity contribution in [2.75, 3.05) is 17.7 Å². The molecule has 2 aromatic rings. The first-order valence-electron chi connectivity index (χ1n) is 5.51. The third-order valence-corrected chi connectivity index (χ3v) is 3.55. The van der Waals surface area contributed by atoms with Crippen molar-refractivity contribution in [3.8, 4) is 0 Å². The molecule has 0 fully saturated rings. The number of thiazole rings is 1. The molecule has 0 aliphatic heterocycles. The van der Waals surface area contributed by atoms with E-state index in [9.17, 15) is 0 Å². The van der Waals surface area contributed by atoms with E-state index in [2.05, 4.69) is 32.9 Å². The Morgan fingerprint density at radius 3 is 2.88 bits per heavy atom. The summed E-state index contributed by atoms with van der Waals surface area (Å²) in [6.07, 6.45) is 1.79. The Bertz CT molecular complexity index is 495. The highest BCUT2D eigenvalue weighted by Gasteiger charge is 2.09. The Kier molecular flexibility index (Phi) is 3.58. The number of anilines is 2. The van der Waals surface area contributed by atoms with Gasteiger partial charge in [-0.3, -0.25) is 0 Å². The first kappa shape index (κ1) is 11.9. The zero-order valence-corrected chi connectivity index (χ0v) is 11.0. The number of hydrogen-bond acceptors (Lipinski definition) is 5. The van der Waals surface area contributed by atoms with Crippen LogP contribution in [0.4, 0.5) is 11.5 Å². The zero-order valence-electron chi connectivity index (χ0n) is 10.2. The lowest BCUT2D eigenvalue weighted by Crippen LogP contribution is -2.06. The zero-order chi connectivity index (χ0) is 12.3. The van der Waals surface area contributed by atoms with Gasteiger partial charge in [-0.25, -0.2) is 9.97 Å². The summed E-state index contributed by atoms with van der Waals surface area (Å²) in [5.41, 5.74) is 2.12. The summed E-state index contributed by atoms with van der Waals surface area (Å²) in [7, 11) is 1.86. The molecular weight excluding hydrogens is 232 g/mol. The summed E-state index contributed by atoms with van der Waals surface area (Å²) in [5.74, 6) is 0.859. The lowest BCUT2D eigenvalue weighted by atomic mass is 10.3. The van der Waals surface area contributed by atoms with E-state index < -0.39 is 0 Å². The van der Waals surface area contributed by atoms with Gasteiger partial charge in [-0.2, -0.15) is 0 Å². The number of nitrogens with one attached hydrogen (secondary N) is 2. The number of pyridine rings is 1. The van der Waals surface area contributed by atoms with Crippen LogP contribution in [0.15, 0.2) is 23.7 Å². The lowest BCUT2D eigenvalue weighted by Gasteiger charge is -2.13. The highest BCUT2D eigenvalue weighted by atomic mass is 32.1. The Morgan fingerprint density at radius 1 is 1.41 bits per heavy atom. The van der Waals surface area contributed by atoms with Gasteiger partial charge in [0.1, 0.15) is 10.8 Å². The van der Waals surface area contributed by atoms with Gasteiger partial charge in [-0.05, 0) is 19.9 Å². The summed E-state index contributed by atoms with van der Waals surface area (Å²) in [5, 5.41) is 9.61. The molecule has 4 nitrogen and oxygen atoms in total. The Hall–Kier alpha value is -1.62. The molecule has 90 valence electrons. The second kappa shape index (κ2) is 5.14. The average molecular weight is 248 g/mol. The van der Waals surface area contributed by atoms with Crippen LogP contribution >= 0.6 is 11.3 Å². The smallest absolute Gasteiger partial charge is 0.127 e. The SMILES string of the molecule is CNc1cc(NC(C)c2nc(C)cs2)ccn1. The number of hydrogen-bond donors (Lipinski definition) is 2. The monoisotopic (exact) mass is 248 g/mol. The van der Waals surface area contributed by atoms with E-state index in [-0.39, 0.29) is 6.04 Å². The van der Waals surface area contributed by atoms with Crippen LogP contribution in [0.5, 0.6) is 0 Å². The largest absolute Gasteiger partial charge is 0.376 e. The van der Waals surface area contributed by atoms with Gasteiger partial charge >= 0.3 is 0 Å². The van der Waals surface area contributed by atoms with Gasteiger partial charge in [0.05, 0.1) is 6.04 Å². The maximum atomic E-state index is 4.47. The van der Waals surface area contributed by atoms with Gasteiger partial charge in [-0.1, -0.05) is 0 Å². The van der Waals surface area contributed by atoms with E-state index in [1.54, 1.807) is 17.5 Å². The minimum absolute atomic E-state index is 0.209. The highest BCUT2D eigenvalue weighted by Crippen LogP contribution is 2.22. The van der Waals surface area contributed by atoms with E-state index in [0.717, 1.165) is 22.2 Å². The Balaban J connectivity index is 2.09. The van der Waals surface area contributed by atoms with Gasteiger partial charge in [-0.15, -0.1) is 11.3 Å². The fraction of sp³-hybridized carbons (Fsp3) is 0.333. The van der Waals surface area contributed by atoms with Crippen molar-refractivity contribution in [1.82, 2.24) is 9.97 Å². The highest BCUT2D eigenvalue weighted by molar-refractivity contribution is 7.09. The molecule has 1 unspecified atom stereocenters. The van der Waals surface area contributed by atoms with Crippen LogP contribution in [0.2, 0.25) is 0 Å². The van der Waals surface area contributed by atoms with Crippen LogP contribution in [0.1, 0.15) is 23.7 Å². The minimum atomic E-state index is 0.209. The van der Waals surface area contributed by atoms with E-state index >= 15 is 0 Å². The predicted molar refractivity (Wildman–Crippen MR) is 72.7 cm³/mol. The van der Waals surface area contributed by atoms with Crippen molar-refractivity contribution in [1.29, 1.82) is 0 Å². The van der Waals surface area contributed by atoms with Crippen molar-refractivity contribution in [3.63, 3.8) is 0 Å². The predicted octanol–water partition coefficient (Wildman–Crippen LogP) is 3.06. The number of aryl methyl sites for hydroxylation is 1. The van der Waals surface area contributed by atoms with Crippen molar-refractivity contribution < 1.29 is 0 Å². The summed E-state index contributed by atoms with van der Waals surface area (Å²) in [6.45, 7) is 4.12. The van der Waals surface area contributed by atoms with Gasteiger partial charge in [0, 0.05) is 36.1 Å². The maximum Gasteiger partial charge on any atom is 0.127 e. The van der Waals surface area contributed by atoms with E-state index in [0.29, 0.717) is 0 Å². The molecule has 2 N–H and O–H groups in total. The van der Waals surface area contributed by atoms with Gasteiger partial charge in [0.25, 0.3) is 0 Å². The quantitative estimate of drug-likeness (QED) is 0.873. The molecular formula is C12H16N4S. The molecule has 2 heterocycles. The molecule has 0 aromatic carbocycles. The molecule has 17 heavy (non-hydrogen) atoms. The molecule has 5 heteroatoms. The van der Waals surface area contributed by atoms with Gasteiger partial charge < -0.3 is 10.6 Å². The third kappa shape index (κ3) is 2.94. The molecule has 0 saturated carbocycles. The van der Waals surface area contributed by atoms with Crippen molar-refractivity contribution in [2.45, 2.75) is 19.9 Å². The van der Waals surface area contributed by atoms with Crippen LogP contribution in [0.25, 0.3) is 0 Å². The first-order chi connectivity index (χ1) is 8.19. The third-order valence-electron chi connectivity index (χ3n) is 2.41. The van der Waals surface area contributed by atoms with E-state index in [1.807, 2.05) is 26.1 Å². The van der Waals surface area contributed by atoms with E-state index in [4.69, 9.17) is 0 Å². The van der Waals surface area contributed by atoms with Crippen molar-refractivity contribution >= 4 is 22.8 Å². The molecule has 2 aromatic heterocycles. The number of nitrogens with zero attached hydrogens (tertiary/aromatic N) is 2. The normalized spacial score (nSPS) is 12.2. The fourth-order valence-electron chi connectivity index (χ4n) is 1.54. The number of aromatic nitrogens is 2. The Morgan fingerprint density at radius 2 is 2.24 bits per heavy atom. The maximum absolute atomic E-state index is 4.47. The second-order valence-electron chi connectivity index (χ2n) is 3.87. The Labute approximate surface area is 105 Å². The fourth-order valence-corrected chi connectivity index (χ4v) is 2.34. The summed E-state index contributed by atoms with van der Waals surface area (Å²) in [6, 6.07) is 4.15. The van der Waals surface area contributed by atoms with Crippen LogP contribution < -0.4 is 10.6 Å². The molecule has 0 bridgehead atoms. The molecule has 0 spiro atoms. The average Bonchev–Trinajstić information content (AvgIpc) is 2.76. The van der Waals surface area contributed by atoms with Crippen LogP contribution in [-0.4, -0.2) is 17.0 Å². The van der Waals surface area contributed by atoms with Gasteiger partial charge in [0.2, 0.25) is 0 Å². The van der Waals surface area contributed by atoms with Crippen LogP contribution in [-0.2, 0) is 0 Å². The molecule has 0 saturated heterocycles. The van der Waals surface area contributed by atoms with E-state index in [1.165, 1.54) is 0 Å². The lowest BCUT2D eigenvalue weighted by molar-refractivity contribution is 0.863. The number of rotatable bonds is 4. The summed E-state index contributed by atoms with van der Waals surface area (Å²) in [4.78, 5) is 8.65. The summed E-state index contributed by atoms with van der Waals surface area (Å²) >= 11 is 1.68. The van der Waals surface area contributed by atoms with Crippen molar-refractivity contribution in [3.05, 3.63) is 34.4 Å². The van der Waals surface area contributed by atoms with Crippen molar-refractivity contribution in [2.24, 2.45) is 0 Å². The molecule has 1 atom stereocenters. The molecule has 2 rings (SSSR count). The standard InChI is InChI=1S/C12H16N4S/c1-8-7-17-12(15-8)9(2)16-10-4-5-14-11(6-10)13-3/h4-7,9H,1-3H3,(H2,13,14,16). The van der Waals surface area contributed by atoms with Crippen LogP contribution in [0.3, 0.4) is 0 Å². The minimum Gasteiger partial charge on any atom is -0.376 e. The summed E-state index contributed by atoms with van der Waals surface area (Å²) < 4.78 is 0. The topological polar surface area (TPSA) is 49.8 Å². The molecule has 0 aliphatic carbocycles. The second-order valence-corrected chi connectivity index (χ2v) is 4.76. The first-order valence-corrected chi connectivity index (χ1v) is 6.39. The van der Waals surface area contributed by atoms with Gasteiger partial charge in [0.15, 0.2) is 0 Å².